The largest absolute Gasteiger partial charge is 0.399 e. The van der Waals surface area contributed by atoms with Gasteiger partial charge in [-0.15, -0.1) is 0 Å². The lowest BCUT2D eigenvalue weighted by molar-refractivity contribution is 0.391. The summed E-state index contributed by atoms with van der Waals surface area (Å²) in [6, 6.07) is 8.18. The Labute approximate surface area is 144 Å². The zero-order valence-electron chi connectivity index (χ0n) is 12.7. The van der Waals surface area contributed by atoms with Crippen LogP contribution in [0.15, 0.2) is 41.4 Å². The summed E-state index contributed by atoms with van der Waals surface area (Å²) in [5, 5.41) is 1.39. The Kier molecular flexibility index (Phi) is 3.52. The molecule has 0 fully saturated rings. The van der Waals surface area contributed by atoms with Crippen molar-refractivity contribution in [2.75, 3.05) is 12.3 Å². The number of nitrogens with two attached hydrogens (primary N) is 1. The molecule has 0 unspecified atom stereocenters. The van der Waals surface area contributed by atoms with Crippen molar-refractivity contribution in [2.45, 2.75) is 17.9 Å². The number of benzene rings is 1. The molecule has 1 aliphatic heterocycles. The van der Waals surface area contributed by atoms with Crippen LogP contribution in [0.1, 0.15) is 11.3 Å². The van der Waals surface area contributed by atoms with Gasteiger partial charge in [0.15, 0.2) is 0 Å². The fourth-order valence-corrected chi connectivity index (χ4v) is 4.69. The predicted molar refractivity (Wildman–Crippen MR) is 93.3 cm³/mol. The van der Waals surface area contributed by atoms with E-state index in [1.165, 1.54) is 10.4 Å². The number of pyridine rings is 1. The van der Waals surface area contributed by atoms with Gasteiger partial charge in [0.25, 0.3) is 0 Å². The van der Waals surface area contributed by atoms with Crippen LogP contribution >= 0.6 is 11.6 Å². The molecule has 24 heavy (non-hydrogen) atoms. The van der Waals surface area contributed by atoms with E-state index in [2.05, 4.69) is 9.97 Å². The maximum absolute atomic E-state index is 12.9. The second-order valence-corrected chi connectivity index (χ2v) is 8.17. The molecule has 0 saturated carbocycles. The standard InChI is InChI=1S/C16H15ClN4O2S/c17-10-6-13-14-9-21(5-4-15(14)20-16(13)19-8-10)24(22,23)12-3-1-2-11(18)7-12/h1-3,6-8H,4-5,9,18H2,(H,19,20). The predicted octanol–water partition coefficient (Wildman–Crippen LogP) is 2.55. The van der Waals surface area contributed by atoms with Crippen molar-refractivity contribution in [1.29, 1.82) is 0 Å². The first-order valence-corrected chi connectivity index (χ1v) is 9.27. The summed E-state index contributed by atoms with van der Waals surface area (Å²) in [5.74, 6) is 0. The molecule has 6 nitrogen and oxygen atoms in total. The van der Waals surface area contributed by atoms with E-state index in [1.54, 1.807) is 24.4 Å². The summed E-state index contributed by atoms with van der Waals surface area (Å²) >= 11 is 6.04. The third-order valence-electron chi connectivity index (χ3n) is 4.25. The van der Waals surface area contributed by atoms with Gasteiger partial charge in [-0.05, 0) is 29.8 Å². The van der Waals surface area contributed by atoms with Crippen LogP contribution in [0.25, 0.3) is 11.0 Å². The molecule has 0 aliphatic carbocycles. The van der Waals surface area contributed by atoms with Gasteiger partial charge in [-0.2, -0.15) is 4.31 Å². The highest BCUT2D eigenvalue weighted by Gasteiger charge is 2.30. The van der Waals surface area contributed by atoms with Gasteiger partial charge < -0.3 is 10.7 Å². The van der Waals surface area contributed by atoms with E-state index in [9.17, 15) is 8.42 Å². The number of nitrogens with zero attached hydrogens (tertiary/aromatic N) is 2. The first-order chi connectivity index (χ1) is 11.4. The molecule has 1 aliphatic rings. The smallest absolute Gasteiger partial charge is 0.243 e. The molecule has 124 valence electrons. The number of hydrogen-bond acceptors (Lipinski definition) is 4. The number of anilines is 1. The molecule has 4 rings (SSSR count). The molecule has 1 aromatic carbocycles. The van der Waals surface area contributed by atoms with E-state index in [-0.39, 0.29) is 11.4 Å². The quantitative estimate of drug-likeness (QED) is 0.685. The van der Waals surface area contributed by atoms with Crippen LogP contribution in [-0.2, 0) is 23.0 Å². The molecule has 2 aromatic heterocycles. The van der Waals surface area contributed by atoms with E-state index in [4.69, 9.17) is 17.3 Å². The van der Waals surface area contributed by atoms with Crippen LogP contribution in [0, 0.1) is 0 Å². The highest BCUT2D eigenvalue weighted by molar-refractivity contribution is 7.89. The molecule has 8 heteroatoms. The second kappa shape index (κ2) is 5.47. The van der Waals surface area contributed by atoms with Gasteiger partial charge in [0, 0.05) is 42.5 Å². The number of rotatable bonds is 2. The van der Waals surface area contributed by atoms with E-state index in [1.807, 2.05) is 6.07 Å². The van der Waals surface area contributed by atoms with Crippen molar-refractivity contribution in [1.82, 2.24) is 14.3 Å². The van der Waals surface area contributed by atoms with E-state index >= 15 is 0 Å². The Bertz CT molecular complexity index is 1050. The Hall–Kier alpha value is -2.09. The lowest BCUT2D eigenvalue weighted by Gasteiger charge is -2.26. The first-order valence-electron chi connectivity index (χ1n) is 7.46. The molecule has 0 saturated heterocycles. The summed E-state index contributed by atoms with van der Waals surface area (Å²) in [6.07, 6.45) is 2.18. The van der Waals surface area contributed by atoms with E-state index < -0.39 is 10.0 Å². The summed E-state index contributed by atoms with van der Waals surface area (Å²) in [4.78, 5) is 7.73. The minimum absolute atomic E-state index is 0.210. The third-order valence-corrected chi connectivity index (χ3v) is 6.30. The third kappa shape index (κ3) is 2.45. The lowest BCUT2D eigenvalue weighted by Crippen LogP contribution is -2.35. The van der Waals surface area contributed by atoms with Crippen LogP contribution in [-0.4, -0.2) is 29.2 Å². The average Bonchev–Trinajstić information content (AvgIpc) is 2.92. The molecular formula is C16H15ClN4O2S. The Balaban J connectivity index is 1.76. The van der Waals surface area contributed by atoms with Crippen molar-refractivity contribution < 1.29 is 8.42 Å². The average molecular weight is 363 g/mol. The SMILES string of the molecule is Nc1cccc(S(=O)(=O)N2CCc3[nH]c4ncc(Cl)cc4c3C2)c1. The van der Waals surface area contributed by atoms with Crippen molar-refractivity contribution >= 4 is 38.3 Å². The molecule has 0 spiro atoms. The minimum atomic E-state index is -3.60. The zero-order chi connectivity index (χ0) is 16.9. The topological polar surface area (TPSA) is 92.1 Å². The van der Waals surface area contributed by atoms with Crippen LogP contribution < -0.4 is 5.73 Å². The number of fused-ring (bicyclic) bond motifs is 3. The van der Waals surface area contributed by atoms with Crippen molar-refractivity contribution in [3.63, 3.8) is 0 Å². The summed E-state index contributed by atoms with van der Waals surface area (Å²) in [5.41, 5.74) is 8.82. The molecule has 0 atom stereocenters. The normalized spacial score (nSPS) is 15.5. The molecule has 0 radical (unpaired) electrons. The number of H-pyrrole nitrogens is 1. The molecule has 0 bridgehead atoms. The van der Waals surface area contributed by atoms with Crippen molar-refractivity contribution in [3.8, 4) is 0 Å². The van der Waals surface area contributed by atoms with Crippen LogP contribution in [0.3, 0.4) is 0 Å². The molecule has 3 N–H and O–H groups in total. The van der Waals surface area contributed by atoms with Gasteiger partial charge in [-0.25, -0.2) is 13.4 Å². The number of aromatic amines is 1. The number of hydrogen-bond donors (Lipinski definition) is 2. The van der Waals surface area contributed by atoms with Gasteiger partial charge in [0.05, 0.1) is 9.92 Å². The zero-order valence-corrected chi connectivity index (χ0v) is 14.2. The fraction of sp³-hybridized carbons (Fsp3) is 0.188. The van der Waals surface area contributed by atoms with Crippen LogP contribution in [0.4, 0.5) is 5.69 Å². The van der Waals surface area contributed by atoms with Crippen LogP contribution in [0.5, 0.6) is 0 Å². The van der Waals surface area contributed by atoms with Crippen molar-refractivity contribution in [2.24, 2.45) is 0 Å². The van der Waals surface area contributed by atoms with Crippen LogP contribution in [0.2, 0.25) is 5.02 Å². The first kappa shape index (κ1) is 15.4. The second-order valence-electron chi connectivity index (χ2n) is 5.79. The number of halogens is 1. The van der Waals surface area contributed by atoms with E-state index in [0.717, 1.165) is 22.3 Å². The molecule has 3 aromatic rings. The maximum atomic E-state index is 12.9. The lowest BCUT2D eigenvalue weighted by atomic mass is 10.1. The molecule has 3 heterocycles. The summed E-state index contributed by atoms with van der Waals surface area (Å²) in [7, 11) is -3.60. The van der Waals surface area contributed by atoms with Gasteiger partial charge in [-0.3, -0.25) is 0 Å². The van der Waals surface area contributed by atoms with Gasteiger partial charge >= 0.3 is 0 Å². The number of aromatic nitrogens is 2. The van der Waals surface area contributed by atoms with Gasteiger partial charge in [-0.1, -0.05) is 17.7 Å². The van der Waals surface area contributed by atoms with Gasteiger partial charge in [0.2, 0.25) is 10.0 Å². The number of nitrogen functional groups attached to an aromatic ring is 1. The maximum Gasteiger partial charge on any atom is 0.243 e. The highest BCUT2D eigenvalue weighted by atomic mass is 35.5. The fourth-order valence-electron chi connectivity index (χ4n) is 3.06. The monoisotopic (exact) mass is 362 g/mol. The Morgan fingerprint density at radius 2 is 2.12 bits per heavy atom. The van der Waals surface area contributed by atoms with E-state index in [0.29, 0.717) is 23.7 Å². The van der Waals surface area contributed by atoms with Gasteiger partial charge in [0.1, 0.15) is 5.65 Å². The van der Waals surface area contributed by atoms with Crippen molar-refractivity contribution in [3.05, 3.63) is 52.8 Å². The summed E-state index contributed by atoms with van der Waals surface area (Å²) < 4.78 is 27.3. The Morgan fingerprint density at radius 1 is 1.29 bits per heavy atom. The molecule has 0 amide bonds. The minimum Gasteiger partial charge on any atom is -0.399 e. The molecular weight excluding hydrogens is 348 g/mol. The Morgan fingerprint density at radius 3 is 2.92 bits per heavy atom. The number of sulfonamides is 1. The number of nitrogens with one attached hydrogen (secondary N) is 1. The highest BCUT2D eigenvalue weighted by Crippen LogP contribution is 2.31. The summed E-state index contributed by atoms with van der Waals surface area (Å²) in [6.45, 7) is 0.694.